The van der Waals surface area contributed by atoms with Crippen molar-refractivity contribution in [1.29, 1.82) is 0 Å². The molecule has 0 heterocycles. The molecule has 0 bridgehead atoms. The Bertz CT molecular complexity index is 419. The van der Waals surface area contributed by atoms with Gasteiger partial charge in [0.05, 0.1) is 9.34 Å². The second-order valence-corrected chi connectivity index (χ2v) is 7.93. The molecule has 1 fully saturated rings. The number of hydrogen-bond donors (Lipinski definition) is 2. The Morgan fingerprint density at radius 1 is 1.07 bits per heavy atom. The zero-order valence-electron chi connectivity index (χ0n) is 7.77. The third kappa shape index (κ3) is 1.22. The minimum Gasteiger partial charge on any atom is -0.390 e. The Balaban J connectivity index is 2.15. The lowest BCUT2D eigenvalue weighted by atomic mass is 9.88. The molecule has 0 unspecified atom stereocenters. The normalized spacial score (nSPS) is 40.5. The van der Waals surface area contributed by atoms with Gasteiger partial charge in [-0.05, 0) is 11.1 Å². The molecule has 4 heteroatoms. The predicted octanol–water partition coefficient (Wildman–Crippen LogP) is 2.29. The van der Waals surface area contributed by atoms with E-state index in [4.69, 9.17) is 0 Å². The van der Waals surface area contributed by atoms with Gasteiger partial charge in [-0.3, -0.25) is 0 Å². The number of hydrogen-bond acceptors (Lipinski definition) is 2. The third-order valence-corrected chi connectivity index (χ3v) is 5.49. The van der Waals surface area contributed by atoms with Gasteiger partial charge in [-0.2, -0.15) is 0 Å². The first-order valence-electron chi connectivity index (χ1n) is 4.88. The molecule has 4 atom stereocenters. The van der Waals surface area contributed by atoms with Gasteiger partial charge in [0.25, 0.3) is 0 Å². The highest BCUT2D eigenvalue weighted by atomic mass is 79.9. The molecule has 3 rings (SSSR count). The van der Waals surface area contributed by atoms with Gasteiger partial charge < -0.3 is 10.2 Å². The molecule has 2 aliphatic carbocycles. The number of benzene rings is 1. The van der Waals surface area contributed by atoms with E-state index in [1.165, 1.54) is 0 Å². The summed E-state index contributed by atoms with van der Waals surface area (Å²) < 4.78 is -0.243. The third-order valence-electron chi connectivity index (χ3n) is 3.45. The number of rotatable bonds is 0. The fourth-order valence-corrected chi connectivity index (χ4v) is 4.49. The summed E-state index contributed by atoms with van der Waals surface area (Å²) in [5.74, 6) is 0.314. The smallest absolute Gasteiger partial charge is 0.105 e. The molecule has 2 N–H and O–H groups in total. The van der Waals surface area contributed by atoms with Crippen molar-refractivity contribution in [2.24, 2.45) is 5.92 Å². The van der Waals surface area contributed by atoms with Crippen LogP contribution in [-0.2, 0) is 0 Å². The zero-order valence-corrected chi connectivity index (χ0v) is 10.9. The van der Waals surface area contributed by atoms with Crippen LogP contribution >= 0.6 is 31.9 Å². The van der Waals surface area contributed by atoms with E-state index in [9.17, 15) is 10.2 Å². The Hall–Kier alpha value is 0.1000. The van der Waals surface area contributed by atoms with Gasteiger partial charge in [0.15, 0.2) is 0 Å². The van der Waals surface area contributed by atoms with E-state index in [-0.39, 0.29) is 15.1 Å². The highest BCUT2D eigenvalue weighted by Gasteiger charge is 2.69. The first kappa shape index (κ1) is 10.3. The standard InChI is InChI=1S/C11H10Br2O2/c12-11(13)7-5-3-1-2-4-6(5)9(14)10(15)8(7)11/h1-4,7-10,14-15H/t7-,8-,9-,10+/m1/s1. The van der Waals surface area contributed by atoms with E-state index in [0.717, 1.165) is 11.1 Å². The zero-order chi connectivity index (χ0) is 10.8. The van der Waals surface area contributed by atoms with Crippen LogP contribution in [0.15, 0.2) is 24.3 Å². The second kappa shape index (κ2) is 3.06. The van der Waals surface area contributed by atoms with Crippen molar-refractivity contribution in [3.63, 3.8) is 0 Å². The van der Waals surface area contributed by atoms with Crippen molar-refractivity contribution in [3.8, 4) is 0 Å². The molecule has 15 heavy (non-hydrogen) atoms. The van der Waals surface area contributed by atoms with Crippen LogP contribution in [0, 0.1) is 5.92 Å². The summed E-state index contributed by atoms with van der Waals surface area (Å²) in [6, 6.07) is 7.76. The summed E-state index contributed by atoms with van der Waals surface area (Å²) in [5.41, 5.74) is 1.99. The van der Waals surface area contributed by atoms with Gasteiger partial charge >= 0.3 is 0 Å². The van der Waals surface area contributed by atoms with E-state index in [0.29, 0.717) is 0 Å². The number of fused-ring (bicyclic) bond motifs is 3. The van der Waals surface area contributed by atoms with Gasteiger partial charge in [-0.25, -0.2) is 0 Å². The summed E-state index contributed by atoms with van der Waals surface area (Å²) in [6.45, 7) is 0. The molecule has 0 spiro atoms. The molecule has 80 valence electrons. The van der Waals surface area contributed by atoms with E-state index < -0.39 is 12.2 Å². The highest BCUT2D eigenvalue weighted by molar-refractivity contribution is 9.25. The Morgan fingerprint density at radius 3 is 2.33 bits per heavy atom. The summed E-state index contributed by atoms with van der Waals surface area (Å²) >= 11 is 7.13. The minimum absolute atomic E-state index is 0.0578. The molecule has 0 aliphatic heterocycles. The van der Waals surface area contributed by atoms with Crippen molar-refractivity contribution in [2.75, 3.05) is 0 Å². The number of aliphatic hydroxyl groups is 2. The predicted molar refractivity (Wildman–Crippen MR) is 64.2 cm³/mol. The first-order chi connectivity index (χ1) is 7.05. The SMILES string of the molecule is O[C@H]1[C@H]2[C@@H](c3ccccc3[C@H]1O)C2(Br)Br. The van der Waals surface area contributed by atoms with E-state index in [2.05, 4.69) is 31.9 Å². The van der Waals surface area contributed by atoms with Crippen molar-refractivity contribution < 1.29 is 10.2 Å². The number of halogens is 2. The molecule has 0 radical (unpaired) electrons. The van der Waals surface area contributed by atoms with Gasteiger partial charge in [-0.15, -0.1) is 0 Å². The lowest BCUT2D eigenvalue weighted by Crippen LogP contribution is -2.26. The quantitative estimate of drug-likeness (QED) is 0.715. The molecular weight excluding hydrogens is 324 g/mol. The fraction of sp³-hybridized carbons (Fsp3) is 0.455. The fourth-order valence-electron chi connectivity index (χ4n) is 2.62. The average Bonchev–Trinajstić information content (AvgIpc) is 2.79. The van der Waals surface area contributed by atoms with Crippen LogP contribution < -0.4 is 0 Å². The lowest BCUT2D eigenvalue weighted by molar-refractivity contribution is -0.00203. The van der Waals surface area contributed by atoms with Crippen LogP contribution in [-0.4, -0.2) is 19.6 Å². The van der Waals surface area contributed by atoms with E-state index in [1.807, 2.05) is 24.3 Å². The summed E-state index contributed by atoms with van der Waals surface area (Å²) in [5, 5.41) is 19.9. The maximum atomic E-state index is 9.97. The molecule has 1 saturated carbocycles. The van der Waals surface area contributed by atoms with Gasteiger partial charge in [0.1, 0.15) is 6.10 Å². The van der Waals surface area contributed by atoms with Gasteiger partial charge in [-0.1, -0.05) is 56.1 Å². The minimum atomic E-state index is -0.764. The molecule has 2 nitrogen and oxygen atoms in total. The van der Waals surface area contributed by atoms with Gasteiger partial charge in [0.2, 0.25) is 0 Å². The Morgan fingerprint density at radius 2 is 1.67 bits per heavy atom. The maximum Gasteiger partial charge on any atom is 0.105 e. The van der Waals surface area contributed by atoms with Crippen LogP contribution in [0.4, 0.5) is 0 Å². The second-order valence-electron chi connectivity index (χ2n) is 4.24. The van der Waals surface area contributed by atoms with Crippen LogP contribution in [0.1, 0.15) is 23.1 Å². The molecule has 0 aromatic heterocycles. The summed E-state index contributed by atoms with van der Waals surface area (Å²) in [4.78, 5) is 0. The molecule has 0 saturated heterocycles. The van der Waals surface area contributed by atoms with Crippen molar-refractivity contribution >= 4 is 31.9 Å². The van der Waals surface area contributed by atoms with E-state index >= 15 is 0 Å². The monoisotopic (exact) mass is 332 g/mol. The molecule has 0 amide bonds. The van der Waals surface area contributed by atoms with Crippen molar-refractivity contribution in [1.82, 2.24) is 0 Å². The Kier molecular flexibility index (Phi) is 2.10. The van der Waals surface area contributed by atoms with Crippen molar-refractivity contribution in [2.45, 2.75) is 21.4 Å². The van der Waals surface area contributed by atoms with E-state index in [1.54, 1.807) is 0 Å². The Labute approximate surface area is 105 Å². The molecular formula is C11H10Br2O2. The topological polar surface area (TPSA) is 40.5 Å². The summed E-state index contributed by atoms with van der Waals surface area (Å²) in [7, 11) is 0. The molecule has 1 aromatic rings. The molecule has 1 aromatic carbocycles. The largest absolute Gasteiger partial charge is 0.390 e. The maximum absolute atomic E-state index is 9.97. The summed E-state index contributed by atoms with van der Waals surface area (Å²) in [6.07, 6.45) is -1.46. The average molecular weight is 334 g/mol. The molecule has 2 aliphatic rings. The van der Waals surface area contributed by atoms with Crippen LogP contribution in [0.5, 0.6) is 0 Å². The van der Waals surface area contributed by atoms with Gasteiger partial charge in [0, 0.05) is 11.8 Å². The van der Waals surface area contributed by atoms with Crippen molar-refractivity contribution in [3.05, 3.63) is 35.4 Å². The number of alkyl halides is 2. The lowest BCUT2D eigenvalue weighted by Gasteiger charge is -2.25. The number of aliphatic hydroxyl groups excluding tert-OH is 2. The van der Waals surface area contributed by atoms with Crippen LogP contribution in [0.2, 0.25) is 0 Å². The van der Waals surface area contributed by atoms with Crippen LogP contribution in [0.3, 0.4) is 0 Å². The highest BCUT2D eigenvalue weighted by Crippen LogP contribution is 2.72. The first-order valence-corrected chi connectivity index (χ1v) is 6.46. The van der Waals surface area contributed by atoms with Crippen LogP contribution in [0.25, 0.3) is 0 Å².